The SMILES string of the molecule is C1=CC(c2ccc(-c3cc4ccccc4c4ccccc34)cc2)CC(N(c2ccc3c(c2)oc2ccccc23)c2ccc3c(c2)sc2ccccc23)=C1. The molecule has 250 valence electrons. The number of fused-ring (bicyclic) bond motifs is 9. The van der Waals surface area contributed by atoms with Gasteiger partial charge in [0.15, 0.2) is 0 Å². The van der Waals surface area contributed by atoms with Crippen molar-refractivity contribution in [3.05, 3.63) is 193 Å². The molecule has 3 heteroatoms. The van der Waals surface area contributed by atoms with Crippen LogP contribution in [0.15, 0.2) is 192 Å². The van der Waals surface area contributed by atoms with Crippen LogP contribution < -0.4 is 4.90 Å². The zero-order chi connectivity index (χ0) is 34.9. The predicted molar refractivity (Wildman–Crippen MR) is 227 cm³/mol. The van der Waals surface area contributed by atoms with E-state index >= 15 is 0 Å². The molecule has 0 saturated heterocycles. The van der Waals surface area contributed by atoms with Gasteiger partial charge in [-0.2, -0.15) is 0 Å². The smallest absolute Gasteiger partial charge is 0.137 e. The number of anilines is 2. The zero-order valence-electron chi connectivity index (χ0n) is 28.9. The van der Waals surface area contributed by atoms with Crippen molar-refractivity contribution < 1.29 is 4.42 Å². The number of allylic oxidation sites excluding steroid dienone is 4. The van der Waals surface area contributed by atoms with Crippen molar-refractivity contribution in [3.63, 3.8) is 0 Å². The second kappa shape index (κ2) is 12.1. The van der Waals surface area contributed by atoms with Crippen LogP contribution in [0.25, 0.3) is 74.8 Å². The fourth-order valence-corrected chi connectivity index (χ4v) is 9.59. The number of hydrogen-bond acceptors (Lipinski definition) is 3. The minimum atomic E-state index is 0.239. The molecule has 2 nitrogen and oxygen atoms in total. The number of furan rings is 1. The molecule has 11 rings (SSSR count). The number of nitrogens with zero attached hydrogens (tertiary/aromatic N) is 1. The van der Waals surface area contributed by atoms with Gasteiger partial charge in [0, 0.05) is 60.0 Å². The Morgan fingerprint density at radius 2 is 1.17 bits per heavy atom. The lowest BCUT2D eigenvalue weighted by Crippen LogP contribution is -2.19. The van der Waals surface area contributed by atoms with E-state index in [1.54, 1.807) is 0 Å². The Labute approximate surface area is 311 Å². The van der Waals surface area contributed by atoms with E-state index in [0.29, 0.717) is 0 Å². The van der Waals surface area contributed by atoms with Crippen LogP contribution in [0.2, 0.25) is 0 Å². The molecule has 8 aromatic carbocycles. The Hall–Kier alpha value is -6.42. The highest BCUT2D eigenvalue weighted by molar-refractivity contribution is 7.25. The van der Waals surface area contributed by atoms with Crippen molar-refractivity contribution in [2.75, 3.05) is 4.90 Å². The van der Waals surface area contributed by atoms with Crippen molar-refractivity contribution in [1.29, 1.82) is 0 Å². The van der Waals surface area contributed by atoms with E-state index < -0.39 is 0 Å². The highest BCUT2D eigenvalue weighted by atomic mass is 32.1. The van der Waals surface area contributed by atoms with E-state index in [1.165, 1.54) is 64.1 Å². The summed E-state index contributed by atoms with van der Waals surface area (Å²) in [5.74, 6) is 0.239. The lowest BCUT2D eigenvalue weighted by atomic mass is 9.88. The summed E-state index contributed by atoms with van der Waals surface area (Å²) < 4.78 is 9.01. The van der Waals surface area contributed by atoms with Crippen LogP contribution in [0.3, 0.4) is 0 Å². The molecule has 1 aliphatic rings. The lowest BCUT2D eigenvalue weighted by Gasteiger charge is -2.31. The maximum Gasteiger partial charge on any atom is 0.137 e. The van der Waals surface area contributed by atoms with Crippen LogP contribution in [-0.2, 0) is 0 Å². The lowest BCUT2D eigenvalue weighted by molar-refractivity contribution is 0.669. The van der Waals surface area contributed by atoms with Crippen LogP contribution in [0.1, 0.15) is 17.9 Å². The number of hydrogen-bond donors (Lipinski definition) is 0. The third-order valence-electron chi connectivity index (χ3n) is 11.0. The minimum absolute atomic E-state index is 0.239. The fraction of sp³-hybridized carbons (Fsp3) is 0.0400. The van der Waals surface area contributed by atoms with Gasteiger partial charge in [0.05, 0.1) is 0 Å². The van der Waals surface area contributed by atoms with Gasteiger partial charge in [0.1, 0.15) is 11.2 Å². The molecule has 1 unspecified atom stereocenters. The highest BCUT2D eigenvalue weighted by Crippen LogP contribution is 2.43. The first-order valence-corrected chi connectivity index (χ1v) is 19.1. The van der Waals surface area contributed by atoms with Gasteiger partial charge in [-0.15, -0.1) is 11.3 Å². The van der Waals surface area contributed by atoms with Gasteiger partial charge in [-0.1, -0.05) is 127 Å². The summed E-state index contributed by atoms with van der Waals surface area (Å²) in [5, 5.41) is 10.0. The average Bonchev–Trinajstić information content (AvgIpc) is 3.78. The van der Waals surface area contributed by atoms with Gasteiger partial charge < -0.3 is 9.32 Å². The Morgan fingerprint density at radius 3 is 2.04 bits per heavy atom. The number of benzene rings is 8. The molecule has 0 saturated carbocycles. The monoisotopic (exact) mass is 695 g/mol. The molecule has 10 aromatic rings. The molecule has 2 heterocycles. The third-order valence-corrected chi connectivity index (χ3v) is 12.1. The van der Waals surface area contributed by atoms with E-state index in [1.807, 2.05) is 17.4 Å². The van der Waals surface area contributed by atoms with Gasteiger partial charge in [-0.25, -0.2) is 0 Å². The largest absolute Gasteiger partial charge is 0.456 e. The first kappa shape index (κ1) is 30.2. The molecule has 0 radical (unpaired) electrons. The maximum absolute atomic E-state index is 6.41. The van der Waals surface area contributed by atoms with Crippen LogP contribution in [0.4, 0.5) is 11.4 Å². The predicted octanol–water partition coefficient (Wildman–Crippen LogP) is 14.7. The number of thiophene rings is 1. The summed E-state index contributed by atoms with van der Waals surface area (Å²) in [5.41, 5.74) is 9.13. The first-order valence-electron chi connectivity index (χ1n) is 18.3. The van der Waals surface area contributed by atoms with Gasteiger partial charge in [-0.3, -0.25) is 0 Å². The second-order valence-electron chi connectivity index (χ2n) is 14.1. The summed E-state index contributed by atoms with van der Waals surface area (Å²) in [6.07, 6.45) is 7.74. The molecular formula is C50H33NOS. The van der Waals surface area contributed by atoms with E-state index in [4.69, 9.17) is 4.42 Å². The van der Waals surface area contributed by atoms with Gasteiger partial charge >= 0.3 is 0 Å². The van der Waals surface area contributed by atoms with E-state index in [2.05, 4.69) is 181 Å². The first-order chi connectivity index (χ1) is 26.2. The maximum atomic E-state index is 6.41. The normalized spacial score (nSPS) is 14.6. The topological polar surface area (TPSA) is 16.4 Å². The minimum Gasteiger partial charge on any atom is -0.456 e. The number of rotatable bonds is 5. The molecule has 0 fully saturated rings. The molecule has 0 amide bonds. The molecule has 0 N–H and O–H groups in total. The van der Waals surface area contributed by atoms with Crippen molar-refractivity contribution in [1.82, 2.24) is 0 Å². The Balaban J connectivity index is 0.982. The quantitative estimate of drug-likeness (QED) is 0.167. The standard InChI is InChI=1S/C50H33NOS/c1-2-13-39-35(10-1)29-46(41-15-4-3-14-40(39)41)33-22-20-32(21-23-33)34-11-9-12-36(28-34)51(37-24-26-43-42-16-5-7-18-47(42)52-48(43)30-37)38-25-27-45-44-17-6-8-19-49(44)53-50(45)31-38/h1-27,29-31,34H,28H2. The summed E-state index contributed by atoms with van der Waals surface area (Å²) in [6.45, 7) is 0. The number of para-hydroxylation sites is 1. The van der Waals surface area contributed by atoms with E-state index in [0.717, 1.165) is 39.7 Å². The molecule has 0 aliphatic heterocycles. The zero-order valence-corrected chi connectivity index (χ0v) is 29.7. The van der Waals surface area contributed by atoms with Crippen LogP contribution >= 0.6 is 11.3 Å². The molecule has 1 aliphatic carbocycles. The highest BCUT2D eigenvalue weighted by Gasteiger charge is 2.23. The van der Waals surface area contributed by atoms with Crippen LogP contribution in [0.5, 0.6) is 0 Å². The Bertz CT molecular complexity index is 2990. The van der Waals surface area contributed by atoms with Crippen molar-refractivity contribution in [2.45, 2.75) is 12.3 Å². The molecule has 2 aromatic heterocycles. The van der Waals surface area contributed by atoms with E-state index in [-0.39, 0.29) is 5.92 Å². The fourth-order valence-electron chi connectivity index (χ4n) is 8.45. The summed E-state index contributed by atoms with van der Waals surface area (Å²) in [4.78, 5) is 2.43. The van der Waals surface area contributed by atoms with Gasteiger partial charge in [-0.05, 0) is 93.2 Å². The van der Waals surface area contributed by atoms with Gasteiger partial charge in [0.2, 0.25) is 0 Å². The summed E-state index contributed by atoms with van der Waals surface area (Å²) in [6, 6.07) is 59.7. The Kier molecular flexibility index (Phi) is 6.89. The molecule has 53 heavy (non-hydrogen) atoms. The summed E-state index contributed by atoms with van der Waals surface area (Å²) in [7, 11) is 0. The van der Waals surface area contributed by atoms with Crippen molar-refractivity contribution >= 4 is 86.4 Å². The molecule has 0 spiro atoms. The van der Waals surface area contributed by atoms with Crippen LogP contribution in [0, 0.1) is 0 Å². The second-order valence-corrected chi connectivity index (χ2v) is 15.1. The molecular weight excluding hydrogens is 663 g/mol. The average molecular weight is 696 g/mol. The van der Waals surface area contributed by atoms with Crippen molar-refractivity contribution in [2.24, 2.45) is 0 Å². The Morgan fingerprint density at radius 1 is 0.509 bits per heavy atom. The van der Waals surface area contributed by atoms with Crippen molar-refractivity contribution in [3.8, 4) is 11.1 Å². The molecule has 1 atom stereocenters. The van der Waals surface area contributed by atoms with E-state index in [9.17, 15) is 0 Å². The van der Waals surface area contributed by atoms with Crippen LogP contribution in [-0.4, -0.2) is 0 Å². The molecule has 0 bridgehead atoms. The summed E-state index contributed by atoms with van der Waals surface area (Å²) >= 11 is 1.86. The third kappa shape index (κ3) is 5.00. The van der Waals surface area contributed by atoms with Gasteiger partial charge in [0.25, 0.3) is 0 Å².